The molecule has 0 bridgehead atoms. The minimum atomic E-state index is -0.181. The van der Waals surface area contributed by atoms with E-state index in [9.17, 15) is 0 Å². The summed E-state index contributed by atoms with van der Waals surface area (Å²) in [5.74, 6) is 1.01. The van der Waals surface area contributed by atoms with Crippen molar-refractivity contribution < 1.29 is 4.74 Å². The minimum Gasteiger partial charge on any atom is -0.487 e. The van der Waals surface area contributed by atoms with E-state index in [1.165, 1.54) is 6.33 Å². The Balaban J connectivity index is 1.48. The van der Waals surface area contributed by atoms with Gasteiger partial charge in [-0.05, 0) is 47.2 Å². The molecular weight excluding hydrogens is 425 g/mol. The molecule has 4 rings (SSSR count). The van der Waals surface area contributed by atoms with Gasteiger partial charge in [-0.25, -0.2) is 14.6 Å². The molecule has 8 nitrogen and oxygen atoms in total. The molecule has 0 aliphatic carbocycles. The molecule has 30 heavy (non-hydrogen) atoms. The van der Waals surface area contributed by atoms with Gasteiger partial charge >= 0.3 is 0 Å². The second-order valence-electron chi connectivity index (χ2n) is 6.51. The van der Waals surface area contributed by atoms with E-state index in [-0.39, 0.29) is 6.10 Å². The molecule has 2 heterocycles. The van der Waals surface area contributed by atoms with Gasteiger partial charge in [-0.1, -0.05) is 41.4 Å². The molecule has 0 saturated carbocycles. The van der Waals surface area contributed by atoms with Gasteiger partial charge in [0.15, 0.2) is 0 Å². The van der Waals surface area contributed by atoms with Crippen molar-refractivity contribution in [2.24, 2.45) is 0 Å². The van der Waals surface area contributed by atoms with Crippen molar-refractivity contribution in [1.29, 1.82) is 0 Å². The van der Waals surface area contributed by atoms with Crippen molar-refractivity contribution in [3.63, 3.8) is 0 Å². The summed E-state index contributed by atoms with van der Waals surface area (Å²) in [6.45, 7) is 2.42. The highest BCUT2D eigenvalue weighted by molar-refractivity contribution is 6.33. The molecule has 0 aliphatic heterocycles. The molecule has 0 unspecified atom stereocenters. The highest BCUT2D eigenvalue weighted by atomic mass is 35.5. The van der Waals surface area contributed by atoms with E-state index in [0.29, 0.717) is 28.3 Å². The molecule has 1 atom stereocenters. The lowest BCUT2D eigenvalue weighted by molar-refractivity contribution is 0.193. The number of halogens is 2. The van der Waals surface area contributed by atoms with Gasteiger partial charge in [0, 0.05) is 18.0 Å². The molecule has 0 aliphatic rings. The first-order valence-electron chi connectivity index (χ1n) is 9.09. The summed E-state index contributed by atoms with van der Waals surface area (Å²) in [4.78, 5) is 8.75. The van der Waals surface area contributed by atoms with Crippen LogP contribution in [0.2, 0.25) is 10.0 Å². The first kappa shape index (κ1) is 20.1. The van der Waals surface area contributed by atoms with Crippen LogP contribution in [-0.2, 0) is 6.54 Å². The lowest BCUT2D eigenvalue weighted by atomic mass is 10.1. The molecule has 0 fully saturated rings. The van der Waals surface area contributed by atoms with Crippen molar-refractivity contribution in [3.05, 3.63) is 71.2 Å². The number of benzene rings is 2. The average molecular weight is 442 g/mol. The number of aromatic nitrogens is 6. The third-order valence-electron chi connectivity index (χ3n) is 4.20. The highest BCUT2D eigenvalue weighted by Gasteiger charge is 2.11. The van der Waals surface area contributed by atoms with Crippen LogP contribution in [0, 0.1) is 0 Å². The zero-order chi connectivity index (χ0) is 20.9. The van der Waals surface area contributed by atoms with Crippen LogP contribution in [-0.4, -0.2) is 36.3 Å². The van der Waals surface area contributed by atoms with Crippen LogP contribution in [0.25, 0.3) is 11.1 Å². The number of hydrogen-bond donors (Lipinski definition) is 1. The van der Waals surface area contributed by atoms with Gasteiger partial charge in [0.2, 0.25) is 5.95 Å². The third kappa shape index (κ3) is 4.84. The lowest BCUT2D eigenvalue weighted by Gasteiger charge is -2.16. The predicted molar refractivity (Wildman–Crippen MR) is 115 cm³/mol. The second-order valence-corrected chi connectivity index (χ2v) is 7.32. The van der Waals surface area contributed by atoms with Gasteiger partial charge < -0.3 is 10.1 Å². The Morgan fingerprint density at radius 2 is 1.83 bits per heavy atom. The van der Waals surface area contributed by atoms with Gasteiger partial charge in [-0.2, -0.15) is 0 Å². The van der Waals surface area contributed by atoms with E-state index < -0.39 is 0 Å². The van der Waals surface area contributed by atoms with Crippen molar-refractivity contribution in [2.45, 2.75) is 19.6 Å². The fraction of sp³-hybridized carbons (Fsp3) is 0.150. The molecule has 0 saturated heterocycles. The van der Waals surface area contributed by atoms with Gasteiger partial charge in [0.05, 0.1) is 22.3 Å². The van der Waals surface area contributed by atoms with Crippen LogP contribution in [0.4, 0.5) is 11.6 Å². The summed E-state index contributed by atoms with van der Waals surface area (Å²) in [6.07, 6.45) is 4.81. The zero-order valence-corrected chi connectivity index (χ0v) is 17.4. The summed E-state index contributed by atoms with van der Waals surface area (Å²) in [7, 11) is 0. The highest BCUT2D eigenvalue weighted by Crippen LogP contribution is 2.31. The first-order chi connectivity index (χ1) is 14.6. The number of ether oxygens (including phenoxy) is 1. The first-order valence-corrected chi connectivity index (χ1v) is 9.85. The van der Waals surface area contributed by atoms with E-state index in [1.54, 1.807) is 29.2 Å². The number of rotatable bonds is 7. The molecule has 0 radical (unpaired) electrons. The van der Waals surface area contributed by atoms with Crippen molar-refractivity contribution >= 4 is 34.8 Å². The number of hydrogen-bond acceptors (Lipinski definition) is 7. The maximum absolute atomic E-state index is 6.31. The van der Waals surface area contributed by atoms with E-state index in [0.717, 1.165) is 16.8 Å². The van der Waals surface area contributed by atoms with Gasteiger partial charge in [-0.15, -0.1) is 5.10 Å². The van der Waals surface area contributed by atoms with Crippen LogP contribution < -0.4 is 10.1 Å². The number of nitrogens with zero attached hydrogens (tertiary/aromatic N) is 6. The molecule has 2 aromatic carbocycles. The predicted octanol–water partition coefficient (Wildman–Crippen LogP) is 4.65. The maximum atomic E-state index is 6.31. The number of para-hydroxylation sites is 1. The fourth-order valence-electron chi connectivity index (χ4n) is 2.78. The summed E-state index contributed by atoms with van der Waals surface area (Å²) >= 11 is 12.5. The Morgan fingerprint density at radius 3 is 2.57 bits per heavy atom. The fourth-order valence-corrected chi connectivity index (χ4v) is 3.12. The van der Waals surface area contributed by atoms with Crippen molar-refractivity contribution in [3.8, 4) is 16.9 Å². The Labute approximate surface area is 182 Å². The summed E-state index contributed by atoms with van der Waals surface area (Å²) in [5.41, 5.74) is 2.45. The van der Waals surface area contributed by atoms with Crippen molar-refractivity contribution in [1.82, 2.24) is 30.2 Å². The standard InChI is InChI=1S/C20H17Cl2N7O/c1-13(11-29-12-25-27-28-29)30-19-8-14(6-7-17(19)22)15-9-23-20(24-10-15)26-18-5-3-2-4-16(18)21/h2-10,12-13H,11H2,1H3,(H,23,24,26)/t13-/m0/s1. The SMILES string of the molecule is C[C@@H](Cn1cnnn1)Oc1cc(-c2cnc(Nc3ccccc3Cl)nc2)ccc1Cl. The molecular formula is C20H17Cl2N7O. The van der Waals surface area contributed by atoms with E-state index in [2.05, 4.69) is 30.8 Å². The van der Waals surface area contributed by atoms with Crippen molar-refractivity contribution in [2.75, 3.05) is 5.32 Å². The largest absolute Gasteiger partial charge is 0.487 e. The van der Waals surface area contributed by atoms with Gasteiger partial charge in [0.1, 0.15) is 18.2 Å². The summed E-state index contributed by atoms with van der Waals surface area (Å²) in [6, 6.07) is 12.9. The monoisotopic (exact) mass is 441 g/mol. The quantitative estimate of drug-likeness (QED) is 0.446. The van der Waals surface area contributed by atoms with Crippen LogP contribution in [0.15, 0.2) is 61.2 Å². The van der Waals surface area contributed by atoms with E-state index >= 15 is 0 Å². The van der Waals surface area contributed by atoms with E-state index in [1.807, 2.05) is 37.3 Å². The van der Waals surface area contributed by atoms with Crippen LogP contribution in [0.5, 0.6) is 5.75 Å². The lowest BCUT2D eigenvalue weighted by Crippen LogP contribution is -2.20. The molecule has 0 spiro atoms. The Morgan fingerprint density at radius 1 is 1.03 bits per heavy atom. The Kier molecular flexibility index (Phi) is 6.06. The van der Waals surface area contributed by atoms with Crippen LogP contribution in [0.3, 0.4) is 0 Å². The zero-order valence-electron chi connectivity index (χ0n) is 15.9. The van der Waals surface area contributed by atoms with Gasteiger partial charge in [0.25, 0.3) is 0 Å². The minimum absolute atomic E-state index is 0.181. The van der Waals surface area contributed by atoms with Crippen LogP contribution in [0.1, 0.15) is 6.92 Å². The number of anilines is 2. The molecule has 152 valence electrons. The normalized spacial score (nSPS) is 11.8. The smallest absolute Gasteiger partial charge is 0.227 e. The summed E-state index contributed by atoms with van der Waals surface area (Å²) < 4.78 is 7.58. The molecule has 1 N–H and O–H groups in total. The maximum Gasteiger partial charge on any atom is 0.227 e. The molecule has 2 aromatic heterocycles. The van der Waals surface area contributed by atoms with Gasteiger partial charge in [-0.3, -0.25) is 0 Å². The Bertz CT molecular complexity index is 1120. The average Bonchev–Trinajstić information content (AvgIpc) is 3.25. The summed E-state index contributed by atoms with van der Waals surface area (Å²) in [5, 5.41) is 15.3. The third-order valence-corrected chi connectivity index (χ3v) is 4.84. The topological polar surface area (TPSA) is 90.6 Å². The molecule has 10 heteroatoms. The number of nitrogens with one attached hydrogen (secondary N) is 1. The van der Waals surface area contributed by atoms with Crippen LogP contribution >= 0.6 is 23.2 Å². The Hall–Kier alpha value is -3.23. The second kappa shape index (κ2) is 9.06. The number of tetrazole rings is 1. The molecule has 0 amide bonds. The van der Waals surface area contributed by atoms with E-state index in [4.69, 9.17) is 27.9 Å². The molecule has 4 aromatic rings.